The van der Waals surface area contributed by atoms with Crippen LogP contribution in [-0.2, 0) is 6.42 Å². The van der Waals surface area contributed by atoms with Gasteiger partial charge in [-0.1, -0.05) is 25.9 Å². The molecule has 0 unspecified atom stereocenters. The number of carboxylic acid groups (broad SMARTS) is 1. The number of carbonyl (C=O) groups is 1. The standard InChI is InChI=1S/C9H13NO3/c1-9(2,3)5-6-4-7(8(11)12)10-13-6/h4H,5H2,1-3H3,(H,11,12). The summed E-state index contributed by atoms with van der Waals surface area (Å²) in [6.45, 7) is 6.15. The van der Waals surface area contributed by atoms with Crippen LogP contribution >= 0.6 is 0 Å². The van der Waals surface area contributed by atoms with Crippen molar-refractivity contribution in [1.82, 2.24) is 5.16 Å². The number of rotatable bonds is 2. The van der Waals surface area contributed by atoms with E-state index < -0.39 is 5.97 Å². The molecule has 0 saturated heterocycles. The molecule has 1 rings (SSSR count). The largest absolute Gasteiger partial charge is 0.476 e. The van der Waals surface area contributed by atoms with Gasteiger partial charge >= 0.3 is 5.97 Å². The van der Waals surface area contributed by atoms with Gasteiger partial charge in [0, 0.05) is 12.5 Å². The quantitative estimate of drug-likeness (QED) is 0.761. The van der Waals surface area contributed by atoms with Crippen LogP contribution in [0, 0.1) is 5.41 Å². The first kappa shape index (κ1) is 9.77. The predicted molar refractivity (Wildman–Crippen MR) is 46.6 cm³/mol. The molecule has 13 heavy (non-hydrogen) atoms. The van der Waals surface area contributed by atoms with Gasteiger partial charge in [0.15, 0.2) is 5.69 Å². The van der Waals surface area contributed by atoms with Crippen molar-refractivity contribution in [2.45, 2.75) is 27.2 Å². The summed E-state index contributed by atoms with van der Waals surface area (Å²) < 4.78 is 4.87. The number of hydrogen-bond acceptors (Lipinski definition) is 3. The van der Waals surface area contributed by atoms with Gasteiger partial charge in [0.1, 0.15) is 5.76 Å². The minimum atomic E-state index is -1.05. The molecule has 0 spiro atoms. The van der Waals surface area contributed by atoms with E-state index in [-0.39, 0.29) is 11.1 Å². The first-order valence-electron chi connectivity index (χ1n) is 4.07. The van der Waals surface area contributed by atoms with Gasteiger partial charge in [-0.3, -0.25) is 0 Å². The highest BCUT2D eigenvalue weighted by atomic mass is 16.5. The minimum Gasteiger partial charge on any atom is -0.476 e. The predicted octanol–water partition coefficient (Wildman–Crippen LogP) is 1.96. The molecule has 4 nitrogen and oxygen atoms in total. The summed E-state index contributed by atoms with van der Waals surface area (Å²) in [5.74, 6) is -0.436. The zero-order valence-electron chi connectivity index (χ0n) is 8.00. The van der Waals surface area contributed by atoms with Gasteiger partial charge < -0.3 is 9.63 Å². The molecule has 1 N–H and O–H groups in total. The van der Waals surface area contributed by atoms with Gasteiger partial charge in [-0.25, -0.2) is 4.79 Å². The molecule has 0 aromatic carbocycles. The lowest BCUT2D eigenvalue weighted by molar-refractivity contribution is 0.0685. The minimum absolute atomic E-state index is 0.0285. The van der Waals surface area contributed by atoms with E-state index >= 15 is 0 Å². The van der Waals surface area contributed by atoms with Crippen molar-refractivity contribution in [1.29, 1.82) is 0 Å². The third-order valence-electron chi connectivity index (χ3n) is 1.48. The third-order valence-corrected chi connectivity index (χ3v) is 1.48. The van der Waals surface area contributed by atoms with Crippen molar-refractivity contribution in [3.05, 3.63) is 17.5 Å². The zero-order chi connectivity index (χ0) is 10.1. The van der Waals surface area contributed by atoms with E-state index in [1.165, 1.54) is 6.07 Å². The van der Waals surface area contributed by atoms with Crippen molar-refractivity contribution in [2.75, 3.05) is 0 Å². The Labute approximate surface area is 76.5 Å². The average molecular weight is 183 g/mol. The number of aromatic nitrogens is 1. The van der Waals surface area contributed by atoms with Crippen LogP contribution in [0.1, 0.15) is 37.0 Å². The van der Waals surface area contributed by atoms with Crippen LogP contribution in [0.3, 0.4) is 0 Å². The highest BCUT2D eigenvalue weighted by molar-refractivity contribution is 5.85. The van der Waals surface area contributed by atoms with Crippen LogP contribution in [0.2, 0.25) is 0 Å². The summed E-state index contributed by atoms with van der Waals surface area (Å²) in [7, 11) is 0. The number of aromatic carboxylic acids is 1. The molecule has 0 bridgehead atoms. The second kappa shape index (κ2) is 3.20. The molecular weight excluding hydrogens is 170 g/mol. The van der Waals surface area contributed by atoms with Crippen molar-refractivity contribution >= 4 is 5.97 Å². The van der Waals surface area contributed by atoms with Crippen LogP contribution < -0.4 is 0 Å². The molecule has 0 radical (unpaired) electrons. The van der Waals surface area contributed by atoms with Gasteiger partial charge in [0.25, 0.3) is 0 Å². The average Bonchev–Trinajstić information content (AvgIpc) is 2.31. The van der Waals surface area contributed by atoms with Crippen LogP contribution in [0.5, 0.6) is 0 Å². The van der Waals surface area contributed by atoms with Crippen molar-refractivity contribution in [3.8, 4) is 0 Å². The van der Waals surface area contributed by atoms with Crippen molar-refractivity contribution in [2.24, 2.45) is 5.41 Å². The van der Waals surface area contributed by atoms with Gasteiger partial charge in [0.2, 0.25) is 0 Å². The second-order valence-corrected chi connectivity index (χ2v) is 4.22. The van der Waals surface area contributed by atoms with E-state index in [0.717, 1.165) is 0 Å². The fourth-order valence-electron chi connectivity index (χ4n) is 1.02. The first-order chi connectivity index (χ1) is 5.88. The Balaban J connectivity index is 2.75. The first-order valence-corrected chi connectivity index (χ1v) is 4.07. The SMILES string of the molecule is CC(C)(C)Cc1cc(C(=O)O)no1. The number of hydrogen-bond donors (Lipinski definition) is 1. The molecule has 0 atom stereocenters. The molecule has 72 valence electrons. The van der Waals surface area contributed by atoms with Crippen LogP contribution in [0.15, 0.2) is 10.6 Å². The molecule has 0 aliphatic rings. The summed E-state index contributed by atoms with van der Waals surface area (Å²) in [5.41, 5.74) is 0.0502. The second-order valence-electron chi connectivity index (χ2n) is 4.22. The maximum absolute atomic E-state index is 10.5. The fourth-order valence-corrected chi connectivity index (χ4v) is 1.02. The molecule has 4 heteroatoms. The van der Waals surface area contributed by atoms with E-state index in [1.54, 1.807) is 0 Å². The Morgan fingerprint density at radius 3 is 2.62 bits per heavy atom. The zero-order valence-corrected chi connectivity index (χ0v) is 8.00. The highest BCUT2D eigenvalue weighted by Crippen LogP contribution is 2.20. The summed E-state index contributed by atoms with van der Waals surface area (Å²) in [6, 6.07) is 1.47. The van der Waals surface area contributed by atoms with E-state index in [0.29, 0.717) is 12.2 Å². The Bertz CT molecular complexity index is 309. The highest BCUT2D eigenvalue weighted by Gasteiger charge is 2.17. The molecule has 0 saturated carbocycles. The van der Waals surface area contributed by atoms with E-state index in [2.05, 4.69) is 25.9 Å². The van der Waals surface area contributed by atoms with E-state index in [9.17, 15) is 4.79 Å². The van der Waals surface area contributed by atoms with E-state index in [4.69, 9.17) is 9.63 Å². The molecular formula is C9H13NO3. The fraction of sp³-hybridized carbons (Fsp3) is 0.556. The van der Waals surface area contributed by atoms with Crippen molar-refractivity contribution in [3.63, 3.8) is 0 Å². The smallest absolute Gasteiger partial charge is 0.358 e. The molecule has 1 heterocycles. The topological polar surface area (TPSA) is 63.3 Å². The Morgan fingerprint density at radius 2 is 2.23 bits per heavy atom. The number of nitrogens with zero attached hydrogens (tertiary/aromatic N) is 1. The van der Waals surface area contributed by atoms with Gasteiger partial charge in [-0.15, -0.1) is 0 Å². The maximum Gasteiger partial charge on any atom is 0.358 e. The molecule has 0 aliphatic carbocycles. The summed E-state index contributed by atoms with van der Waals surface area (Å²) >= 11 is 0. The lowest BCUT2D eigenvalue weighted by Crippen LogP contribution is -2.08. The maximum atomic E-state index is 10.5. The summed E-state index contributed by atoms with van der Waals surface area (Å²) in [6.07, 6.45) is 0.688. The number of carboxylic acids is 1. The van der Waals surface area contributed by atoms with Gasteiger partial charge in [-0.05, 0) is 5.41 Å². The molecule has 0 fully saturated rings. The molecule has 0 aliphatic heterocycles. The lowest BCUT2D eigenvalue weighted by Gasteiger charge is -2.14. The normalized spacial score (nSPS) is 11.6. The van der Waals surface area contributed by atoms with Crippen LogP contribution in [-0.4, -0.2) is 16.2 Å². The molecule has 0 amide bonds. The molecule has 1 aromatic heterocycles. The van der Waals surface area contributed by atoms with Crippen molar-refractivity contribution < 1.29 is 14.4 Å². The Hall–Kier alpha value is -1.32. The lowest BCUT2D eigenvalue weighted by atomic mass is 9.91. The van der Waals surface area contributed by atoms with E-state index in [1.807, 2.05) is 0 Å². The third kappa shape index (κ3) is 2.89. The Morgan fingerprint density at radius 1 is 1.62 bits per heavy atom. The monoisotopic (exact) mass is 183 g/mol. The molecule has 1 aromatic rings. The summed E-state index contributed by atoms with van der Waals surface area (Å²) in [5, 5.41) is 12.0. The summed E-state index contributed by atoms with van der Waals surface area (Å²) in [4.78, 5) is 10.5. The van der Waals surface area contributed by atoms with Crippen LogP contribution in [0.4, 0.5) is 0 Å². The van der Waals surface area contributed by atoms with Gasteiger partial charge in [0.05, 0.1) is 0 Å². The Kier molecular flexibility index (Phi) is 2.40. The van der Waals surface area contributed by atoms with Crippen LogP contribution in [0.25, 0.3) is 0 Å². The van der Waals surface area contributed by atoms with Gasteiger partial charge in [-0.2, -0.15) is 0 Å².